The minimum Gasteiger partial charge on any atom is -0.726 e. The average molecular weight is 502 g/mol. The maximum absolute atomic E-state index is 12.3. The van der Waals surface area contributed by atoms with Crippen LogP contribution in [-0.4, -0.2) is 57.8 Å². The molecule has 1 unspecified atom stereocenters. The highest BCUT2D eigenvalue weighted by Crippen LogP contribution is 2.73. The van der Waals surface area contributed by atoms with Gasteiger partial charge < -0.3 is 18.8 Å². The molecule has 3 aliphatic rings. The van der Waals surface area contributed by atoms with Crippen LogP contribution in [-0.2, 0) is 48.6 Å². The monoisotopic (exact) mass is 501 g/mol. The second-order valence-corrected chi connectivity index (χ2v) is 9.26. The summed E-state index contributed by atoms with van der Waals surface area (Å²) < 4.78 is 48.7. The Bertz CT molecular complexity index is 970. The van der Waals surface area contributed by atoms with Gasteiger partial charge in [-0.15, -0.1) is 0 Å². The van der Waals surface area contributed by atoms with Gasteiger partial charge in [0.15, 0.2) is 12.4 Å². The molecular formula is C22H31NO10S. The molecule has 3 aliphatic carbocycles. The van der Waals surface area contributed by atoms with E-state index in [9.17, 15) is 27.4 Å². The standard InChI is InChI=1S/C20H26NO6.C2H6O4S/c1-4-26-16(22)10-15(17(23)27-5-2)21-8-6-14(7-9-21)19-11-20(12-19,13-19)18(24)25-3;1-2-6-7(3,4)5/h6-9,15H,4-5,10-13H2,1-3H3;2H2,1H3,(H,3,4,5)/q+1;/p-1. The number of aromatic nitrogens is 1. The Balaban J connectivity index is 0.000000509. The SMILES string of the molecule is CCOC(=O)CC(C(=O)OCC)[n+]1ccc(C23CC(C(=O)OC)(C2)C3)cc1.CCOS(=O)(=O)[O-]. The molecule has 1 atom stereocenters. The molecule has 2 bridgehead atoms. The Morgan fingerprint density at radius 3 is 2.00 bits per heavy atom. The number of methoxy groups -OCH3 is 1. The molecule has 0 spiro atoms. The third-order valence-corrected chi connectivity index (χ3v) is 6.48. The number of pyridine rings is 1. The molecule has 0 radical (unpaired) electrons. The zero-order chi connectivity index (χ0) is 25.6. The topological polar surface area (TPSA) is 149 Å². The predicted octanol–water partition coefficient (Wildman–Crippen LogP) is 1.11. The molecule has 3 saturated carbocycles. The number of esters is 3. The number of hydrogen-bond acceptors (Lipinski definition) is 10. The smallest absolute Gasteiger partial charge is 0.376 e. The molecule has 0 N–H and O–H groups in total. The zero-order valence-electron chi connectivity index (χ0n) is 19.8. The van der Waals surface area contributed by atoms with E-state index in [1.807, 2.05) is 12.1 Å². The highest BCUT2D eigenvalue weighted by atomic mass is 32.3. The summed E-state index contributed by atoms with van der Waals surface area (Å²) in [6.45, 7) is 5.30. The van der Waals surface area contributed by atoms with E-state index >= 15 is 0 Å². The van der Waals surface area contributed by atoms with Gasteiger partial charge in [0.1, 0.15) is 6.42 Å². The first-order valence-corrected chi connectivity index (χ1v) is 12.3. The van der Waals surface area contributed by atoms with E-state index in [1.54, 1.807) is 30.8 Å². The second-order valence-electron chi connectivity index (χ2n) is 8.21. The minimum absolute atomic E-state index is 0.0356. The van der Waals surface area contributed by atoms with Crippen LogP contribution in [0.15, 0.2) is 24.5 Å². The molecular weight excluding hydrogens is 470 g/mol. The molecule has 0 aliphatic heterocycles. The molecule has 0 aromatic carbocycles. The predicted molar refractivity (Wildman–Crippen MR) is 115 cm³/mol. The number of rotatable bonds is 10. The van der Waals surface area contributed by atoms with Crippen molar-refractivity contribution in [3.8, 4) is 0 Å². The van der Waals surface area contributed by atoms with Crippen molar-refractivity contribution in [3.63, 3.8) is 0 Å². The Morgan fingerprint density at radius 1 is 1.03 bits per heavy atom. The maximum atomic E-state index is 12.3. The quantitative estimate of drug-likeness (QED) is 0.150. The van der Waals surface area contributed by atoms with Gasteiger partial charge in [-0.05, 0) is 51.0 Å². The van der Waals surface area contributed by atoms with E-state index in [0.29, 0.717) is 0 Å². The van der Waals surface area contributed by atoms with Gasteiger partial charge in [-0.2, -0.15) is 4.57 Å². The second kappa shape index (κ2) is 11.2. The first-order chi connectivity index (χ1) is 16.0. The van der Waals surface area contributed by atoms with Crippen LogP contribution in [0.2, 0.25) is 0 Å². The molecule has 34 heavy (non-hydrogen) atoms. The van der Waals surface area contributed by atoms with Crippen LogP contribution in [0.3, 0.4) is 0 Å². The summed E-state index contributed by atoms with van der Waals surface area (Å²) in [5.74, 6) is -1.02. The van der Waals surface area contributed by atoms with Crippen molar-refractivity contribution in [2.75, 3.05) is 26.9 Å². The van der Waals surface area contributed by atoms with Gasteiger partial charge in [-0.1, -0.05) is 0 Å². The van der Waals surface area contributed by atoms with Crippen LogP contribution in [0, 0.1) is 5.41 Å². The lowest BCUT2D eigenvalue weighted by molar-refractivity contribution is -0.710. The van der Waals surface area contributed by atoms with Gasteiger partial charge >= 0.3 is 17.9 Å². The summed E-state index contributed by atoms with van der Waals surface area (Å²) in [7, 11) is -2.99. The Hall–Kier alpha value is -2.57. The Labute approximate surface area is 199 Å². The molecule has 11 nitrogen and oxygen atoms in total. The van der Waals surface area contributed by atoms with E-state index in [-0.39, 0.29) is 43.0 Å². The average Bonchev–Trinajstić information content (AvgIpc) is 2.70. The van der Waals surface area contributed by atoms with E-state index in [1.165, 1.54) is 14.0 Å². The van der Waals surface area contributed by atoms with E-state index in [4.69, 9.17) is 14.2 Å². The summed E-state index contributed by atoms with van der Waals surface area (Å²) in [6.07, 6.45) is 5.93. The third-order valence-electron chi connectivity index (χ3n) is 5.96. The van der Waals surface area contributed by atoms with Gasteiger partial charge in [0.2, 0.25) is 10.4 Å². The molecule has 190 valence electrons. The van der Waals surface area contributed by atoms with Crippen LogP contribution in [0.1, 0.15) is 58.1 Å². The van der Waals surface area contributed by atoms with Gasteiger partial charge in [0.05, 0.1) is 32.3 Å². The van der Waals surface area contributed by atoms with Crippen molar-refractivity contribution in [2.45, 2.75) is 57.9 Å². The lowest BCUT2D eigenvalue weighted by Gasteiger charge is -2.68. The van der Waals surface area contributed by atoms with E-state index < -0.39 is 28.4 Å². The Morgan fingerprint density at radius 2 is 1.59 bits per heavy atom. The first kappa shape index (κ1) is 27.7. The largest absolute Gasteiger partial charge is 0.726 e. The molecule has 0 amide bonds. The summed E-state index contributed by atoms with van der Waals surface area (Å²) >= 11 is 0. The van der Waals surface area contributed by atoms with Crippen molar-refractivity contribution < 1.29 is 50.3 Å². The number of hydrogen-bond donors (Lipinski definition) is 0. The number of carbonyl (C=O) groups is 3. The summed E-state index contributed by atoms with van der Waals surface area (Å²) in [4.78, 5) is 36.0. The van der Waals surface area contributed by atoms with E-state index in [0.717, 1.165) is 24.8 Å². The molecule has 1 heterocycles. The molecule has 12 heteroatoms. The summed E-state index contributed by atoms with van der Waals surface area (Å²) in [5, 5.41) is 0. The fraction of sp³-hybridized carbons (Fsp3) is 0.636. The lowest BCUT2D eigenvalue weighted by Crippen LogP contribution is -2.68. The van der Waals surface area contributed by atoms with Gasteiger partial charge in [-0.3, -0.25) is 13.8 Å². The number of nitrogens with zero attached hydrogens (tertiary/aromatic N) is 1. The highest BCUT2D eigenvalue weighted by Gasteiger charge is 2.72. The van der Waals surface area contributed by atoms with Crippen LogP contribution < -0.4 is 4.57 Å². The third kappa shape index (κ3) is 6.30. The first-order valence-electron chi connectivity index (χ1n) is 11.0. The summed E-state index contributed by atoms with van der Waals surface area (Å²) in [5.41, 5.74) is 0.884. The summed E-state index contributed by atoms with van der Waals surface area (Å²) in [6, 6.07) is 3.16. The number of ether oxygens (including phenoxy) is 3. The van der Waals surface area contributed by atoms with Crippen LogP contribution >= 0.6 is 0 Å². The highest BCUT2D eigenvalue weighted by molar-refractivity contribution is 7.80. The fourth-order valence-corrected chi connectivity index (χ4v) is 4.89. The van der Waals surface area contributed by atoms with Gasteiger partial charge in [-0.25, -0.2) is 13.2 Å². The molecule has 1 aromatic heterocycles. The maximum Gasteiger partial charge on any atom is 0.376 e. The number of carbonyl (C=O) groups excluding carboxylic acids is 3. The molecule has 1 aromatic rings. The lowest BCUT2D eigenvalue weighted by atomic mass is 9.33. The van der Waals surface area contributed by atoms with Crippen molar-refractivity contribution in [2.24, 2.45) is 5.41 Å². The Kier molecular flexibility index (Phi) is 9.15. The normalized spacial score (nSPS) is 23.2. The van der Waals surface area contributed by atoms with Crippen LogP contribution in [0.25, 0.3) is 0 Å². The molecule has 0 saturated heterocycles. The van der Waals surface area contributed by atoms with Crippen LogP contribution in [0.4, 0.5) is 0 Å². The van der Waals surface area contributed by atoms with Crippen molar-refractivity contribution >= 4 is 28.3 Å². The van der Waals surface area contributed by atoms with Crippen molar-refractivity contribution in [1.82, 2.24) is 0 Å². The van der Waals surface area contributed by atoms with Gasteiger partial charge in [0, 0.05) is 12.1 Å². The van der Waals surface area contributed by atoms with Crippen molar-refractivity contribution in [3.05, 3.63) is 30.1 Å². The van der Waals surface area contributed by atoms with Gasteiger partial charge in [0.25, 0.3) is 6.04 Å². The zero-order valence-corrected chi connectivity index (χ0v) is 20.6. The molecule has 4 rings (SSSR count). The molecule has 3 fully saturated rings. The van der Waals surface area contributed by atoms with Crippen LogP contribution in [0.5, 0.6) is 0 Å². The van der Waals surface area contributed by atoms with E-state index in [2.05, 4.69) is 4.18 Å². The fourth-order valence-electron chi connectivity index (χ4n) is 4.60. The minimum atomic E-state index is -4.42. The van der Waals surface area contributed by atoms with Crippen molar-refractivity contribution in [1.29, 1.82) is 0 Å².